The molecule has 3 aromatic rings. The van der Waals surface area contributed by atoms with Gasteiger partial charge in [-0.15, -0.1) is 0 Å². The Morgan fingerprint density at radius 2 is 1.60 bits per heavy atom. The number of carboxylic acid groups (broad SMARTS) is 1. The van der Waals surface area contributed by atoms with Gasteiger partial charge in [-0.25, -0.2) is 0 Å². The third-order valence-electron chi connectivity index (χ3n) is 5.00. The lowest BCUT2D eigenvalue weighted by Crippen LogP contribution is -3.00. The predicted octanol–water partition coefficient (Wildman–Crippen LogP) is -0.929. The van der Waals surface area contributed by atoms with Crippen LogP contribution in [0.1, 0.15) is 6.42 Å². The standard InChI is InChI=1S/C23H25N3O8.ClH/c1-30-17-6-5-12(7-16(17)25-23(29)14(24)10-21(27)28)15-11-18(34-26-15)13-8-19(31-2)22(33-4)20(9-13)32-3;/h5-9,11,14H,10,24H2,1-4H3,(H,25,29)(H,27,28);1H. The first-order valence-electron chi connectivity index (χ1n) is 10.1. The molecule has 0 aliphatic carbocycles. The third-order valence-corrected chi connectivity index (χ3v) is 5.00. The zero-order valence-electron chi connectivity index (χ0n) is 19.6. The minimum Gasteiger partial charge on any atom is -1.00 e. The Kier molecular flexibility index (Phi) is 9.32. The molecular weight excluding hydrogens is 482 g/mol. The van der Waals surface area contributed by atoms with Crippen LogP contribution in [0.4, 0.5) is 5.69 Å². The van der Waals surface area contributed by atoms with Crippen molar-refractivity contribution in [1.29, 1.82) is 0 Å². The Bertz CT molecular complexity index is 1170. The van der Waals surface area contributed by atoms with Crippen molar-refractivity contribution >= 4 is 17.6 Å². The topological polar surface area (TPSA) is 157 Å². The average Bonchev–Trinajstić information content (AvgIpc) is 3.32. The molecule has 11 nitrogen and oxygen atoms in total. The summed E-state index contributed by atoms with van der Waals surface area (Å²) in [7, 11) is 6.02. The first-order chi connectivity index (χ1) is 16.3. The molecule has 35 heavy (non-hydrogen) atoms. The number of carboxylic acids is 1. The summed E-state index contributed by atoms with van der Waals surface area (Å²) < 4.78 is 27.0. The van der Waals surface area contributed by atoms with Gasteiger partial charge in [-0.1, -0.05) is 5.16 Å². The molecule has 0 aliphatic heterocycles. The molecule has 0 saturated carbocycles. The van der Waals surface area contributed by atoms with Gasteiger partial charge in [-0.3, -0.25) is 9.59 Å². The molecule has 0 spiro atoms. The first-order valence-corrected chi connectivity index (χ1v) is 10.1. The highest BCUT2D eigenvalue weighted by atomic mass is 35.5. The normalized spacial score (nSPS) is 11.1. The molecule has 1 atom stereocenters. The molecule has 0 aliphatic rings. The van der Waals surface area contributed by atoms with Crippen LogP contribution in [0.3, 0.4) is 0 Å². The zero-order valence-corrected chi connectivity index (χ0v) is 20.3. The first kappa shape index (κ1) is 27.3. The number of methoxy groups -OCH3 is 4. The quantitative estimate of drug-likeness (QED) is 0.315. The SMILES string of the molecule is COc1ccc(-c2cc(-c3cc(OC)c(OC)c(OC)c3)on2)cc1NC(=O)C([NH3+])CC(=O)O.[Cl-]. The van der Waals surface area contributed by atoms with Crippen molar-refractivity contribution in [2.75, 3.05) is 33.8 Å². The second kappa shape index (κ2) is 12.0. The highest BCUT2D eigenvalue weighted by Gasteiger charge is 2.23. The Morgan fingerprint density at radius 3 is 2.14 bits per heavy atom. The lowest BCUT2D eigenvalue weighted by atomic mass is 10.1. The summed E-state index contributed by atoms with van der Waals surface area (Å²) in [6.07, 6.45) is -0.394. The number of hydrogen-bond acceptors (Lipinski definition) is 8. The minimum absolute atomic E-state index is 0. The zero-order chi connectivity index (χ0) is 24.8. The van der Waals surface area contributed by atoms with E-state index in [1.165, 1.54) is 28.4 Å². The average molecular weight is 508 g/mol. The molecule has 1 unspecified atom stereocenters. The Labute approximate surface area is 207 Å². The lowest BCUT2D eigenvalue weighted by Gasteiger charge is -2.13. The van der Waals surface area contributed by atoms with Crippen LogP contribution in [0.5, 0.6) is 23.0 Å². The van der Waals surface area contributed by atoms with E-state index in [1.54, 1.807) is 36.4 Å². The van der Waals surface area contributed by atoms with Crippen molar-refractivity contribution in [2.24, 2.45) is 0 Å². The fourth-order valence-corrected chi connectivity index (χ4v) is 3.27. The van der Waals surface area contributed by atoms with E-state index in [4.69, 9.17) is 28.6 Å². The summed E-state index contributed by atoms with van der Waals surface area (Å²) in [4.78, 5) is 23.2. The van der Waals surface area contributed by atoms with Gasteiger partial charge in [0.1, 0.15) is 17.9 Å². The summed E-state index contributed by atoms with van der Waals surface area (Å²) >= 11 is 0. The Morgan fingerprint density at radius 1 is 0.971 bits per heavy atom. The van der Waals surface area contributed by atoms with Crippen molar-refractivity contribution in [1.82, 2.24) is 5.16 Å². The van der Waals surface area contributed by atoms with Crippen LogP contribution >= 0.6 is 0 Å². The van der Waals surface area contributed by atoms with E-state index in [1.807, 2.05) is 0 Å². The van der Waals surface area contributed by atoms with E-state index in [2.05, 4.69) is 16.2 Å². The summed E-state index contributed by atoms with van der Waals surface area (Å²) in [6, 6.07) is 9.30. The Balaban J connectivity index is 0.00000432. The highest BCUT2D eigenvalue weighted by molar-refractivity contribution is 5.97. The van der Waals surface area contributed by atoms with Crippen molar-refractivity contribution in [3.63, 3.8) is 0 Å². The number of amides is 1. The third kappa shape index (κ3) is 6.14. The molecule has 0 fully saturated rings. The van der Waals surface area contributed by atoms with Gasteiger partial charge in [0, 0.05) is 17.2 Å². The molecule has 2 aromatic carbocycles. The van der Waals surface area contributed by atoms with Crippen LogP contribution in [0.15, 0.2) is 40.9 Å². The summed E-state index contributed by atoms with van der Waals surface area (Å²) in [5.74, 6) is 0.578. The van der Waals surface area contributed by atoms with Gasteiger partial charge >= 0.3 is 5.97 Å². The fraction of sp³-hybridized carbons (Fsp3) is 0.261. The van der Waals surface area contributed by atoms with E-state index in [9.17, 15) is 9.59 Å². The van der Waals surface area contributed by atoms with Gasteiger partial charge in [0.25, 0.3) is 5.91 Å². The van der Waals surface area contributed by atoms with E-state index >= 15 is 0 Å². The van der Waals surface area contributed by atoms with Crippen LogP contribution in [0.2, 0.25) is 0 Å². The van der Waals surface area contributed by atoms with Gasteiger partial charge in [0.05, 0.1) is 34.1 Å². The molecule has 1 heterocycles. The van der Waals surface area contributed by atoms with Crippen molar-refractivity contribution < 1.29 is 56.3 Å². The maximum absolute atomic E-state index is 12.4. The minimum atomic E-state index is -1.11. The number of carbonyl (C=O) groups is 2. The van der Waals surface area contributed by atoms with Crippen LogP contribution in [-0.2, 0) is 9.59 Å². The summed E-state index contributed by atoms with van der Waals surface area (Å²) in [6.45, 7) is 0. The number of anilines is 1. The number of quaternary nitrogens is 1. The number of ether oxygens (including phenoxy) is 4. The van der Waals surface area contributed by atoms with Crippen LogP contribution < -0.4 is 42.4 Å². The van der Waals surface area contributed by atoms with E-state index in [0.717, 1.165) is 0 Å². The number of nitrogens with zero attached hydrogens (tertiary/aromatic N) is 1. The molecule has 0 bridgehead atoms. The number of nitrogens with one attached hydrogen (secondary N) is 1. The van der Waals surface area contributed by atoms with Gasteiger partial charge < -0.3 is 52.0 Å². The largest absolute Gasteiger partial charge is 1.00 e. The van der Waals surface area contributed by atoms with Crippen LogP contribution in [0, 0.1) is 0 Å². The predicted molar refractivity (Wildman–Crippen MR) is 121 cm³/mol. The molecular formula is C23H26ClN3O8. The van der Waals surface area contributed by atoms with Gasteiger partial charge in [0.2, 0.25) is 5.75 Å². The summed E-state index contributed by atoms with van der Waals surface area (Å²) in [5, 5.41) is 15.7. The van der Waals surface area contributed by atoms with Crippen LogP contribution in [-0.4, -0.2) is 56.6 Å². The van der Waals surface area contributed by atoms with E-state index in [0.29, 0.717) is 51.3 Å². The monoisotopic (exact) mass is 507 g/mol. The number of aromatic nitrogens is 1. The maximum Gasteiger partial charge on any atom is 0.309 e. The van der Waals surface area contributed by atoms with Gasteiger partial charge in [0.15, 0.2) is 23.3 Å². The van der Waals surface area contributed by atoms with Crippen molar-refractivity contribution in [3.8, 4) is 45.6 Å². The van der Waals surface area contributed by atoms with Gasteiger partial charge in [-0.2, -0.15) is 0 Å². The maximum atomic E-state index is 12.4. The molecule has 3 rings (SSSR count). The lowest BCUT2D eigenvalue weighted by molar-refractivity contribution is -0.401. The number of aliphatic carboxylic acids is 1. The smallest absolute Gasteiger partial charge is 0.309 e. The molecule has 1 amide bonds. The summed E-state index contributed by atoms with van der Waals surface area (Å²) in [5.41, 5.74) is 5.74. The fourth-order valence-electron chi connectivity index (χ4n) is 3.27. The Hall–Kier alpha value is -3.96. The van der Waals surface area contributed by atoms with Crippen molar-refractivity contribution in [2.45, 2.75) is 12.5 Å². The molecule has 12 heteroatoms. The van der Waals surface area contributed by atoms with E-state index in [-0.39, 0.29) is 12.4 Å². The molecule has 0 saturated heterocycles. The van der Waals surface area contributed by atoms with Crippen molar-refractivity contribution in [3.05, 3.63) is 36.4 Å². The second-order valence-corrected chi connectivity index (χ2v) is 7.19. The number of hydrogen-bond donors (Lipinski definition) is 3. The molecule has 188 valence electrons. The highest BCUT2D eigenvalue weighted by Crippen LogP contribution is 2.42. The number of halogens is 1. The number of rotatable bonds is 10. The number of benzene rings is 2. The number of carbonyl (C=O) groups excluding carboxylic acids is 1. The molecule has 5 N–H and O–H groups in total. The molecule has 0 radical (unpaired) electrons. The van der Waals surface area contributed by atoms with Gasteiger partial charge in [-0.05, 0) is 30.3 Å². The molecule has 1 aromatic heterocycles. The van der Waals surface area contributed by atoms with E-state index < -0.39 is 24.3 Å². The van der Waals surface area contributed by atoms with Crippen LogP contribution in [0.25, 0.3) is 22.6 Å². The second-order valence-electron chi connectivity index (χ2n) is 7.19.